The second-order valence-electron chi connectivity index (χ2n) is 3.68. The Balaban J connectivity index is 2.33. The quantitative estimate of drug-likeness (QED) is 0.843. The van der Waals surface area contributed by atoms with Crippen LogP contribution in [0.1, 0.15) is 29.0 Å². The van der Waals surface area contributed by atoms with E-state index in [0.29, 0.717) is 0 Å². The van der Waals surface area contributed by atoms with E-state index in [2.05, 4.69) is 9.97 Å². The molecule has 86 valence electrons. The van der Waals surface area contributed by atoms with Gasteiger partial charge in [0.05, 0.1) is 5.56 Å². The molecule has 0 aromatic carbocycles. The number of carbonyl (C=O) groups is 1. The summed E-state index contributed by atoms with van der Waals surface area (Å²) in [5, 5.41) is 8.55. The first kappa shape index (κ1) is 10.8. The first-order chi connectivity index (χ1) is 7.37. The van der Waals surface area contributed by atoms with Crippen molar-refractivity contribution in [1.82, 2.24) is 9.97 Å². The molecule has 0 radical (unpaired) electrons. The number of carboxylic acid groups (broad SMARTS) is 1. The summed E-state index contributed by atoms with van der Waals surface area (Å²) < 4.78 is 37.9. The van der Waals surface area contributed by atoms with Crippen LogP contribution in [-0.4, -0.2) is 27.2 Å². The van der Waals surface area contributed by atoms with E-state index in [-0.39, 0.29) is 24.2 Å². The van der Waals surface area contributed by atoms with E-state index in [1.807, 2.05) is 0 Å². The maximum Gasteiger partial charge on any atom is 0.401 e. The minimum absolute atomic E-state index is 0.0388. The van der Waals surface area contributed by atoms with Crippen molar-refractivity contribution < 1.29 is 23.1 Å². The Bertz CT molecular complexity index is 423. The van der Waals surface area contributed by atoms with Crippen molar-refractivity contribution in [3.63, 3.8) is 0 Å². The average molecular weight is 232 g/mol. The number of nitrogens with zero attached hydrogens (tertiary/aromatic N) is 2. The second-order valence-corrected chi connectivity index (χ2v) is 3.68. The minimum Gasteiger partial charge on any atom is -0.478 e. The molecule has 2 rings (SSSR count). The van der Waals surface area contributed by atoms with Gasteiger partial charge in [-0.15, -0.1) is 0 Å². The van der Waals surface area contributed by atoms with Crippen LogP contribution in [0.5, 0.6) is 0 Å². The molecule has 7 heteroatoms. The van der Waals surface area contributed by atoms with Gasteiger partial charge in [0.15, 0.2) is 0 Å². The molecule has 1 heterocycles. The number of hydrogen-bond acceptors (Lipinski definition) is 3. The molecule has 1 aliphatic rings. The summed E-state index contributed by atoms with van der Waals surface area (Å²) in [4.78, 5) is 17.4. The van der Waals surface area contributed by atoms with E-state index in [1.54, 1.807) is 0 Å². The Morgan fingerprint density at radius 1 is 1.31 bits per heavy atom. The Morgan fingerprint density at radius 3 is 2.12 bits per heavy atom. The zero-order chi connectivity index (χ0) is 12.0. The first-order valence-corrected chi connectivity index (χ1v) is 4.49. The van der Waals surface area contributed by atoms with Gasteiger partial charge in [-0.1, -0.05) is 0 Å². The smallest absolute Gasteiger partial charge is 0.401 e. The van der Waals surface area contributed by atoms with Gasteiger partial charge in [-0.25, -0.2) is 14.8 Å². The zero-order valence-corrected chi connectivity index (χ0v) is 7.95. The molecule has 1 N–H and O–H groups in total. The molecule has 0 saturated heterocycles. The van der Waals surface area contributed by atoms with Gasteiger partial charge in [0.2, 0.25) is 0 Å². The molecule has 1 aromatic rings. The standard InChI is InChI=1S/C9H7F3N2O2/c10-9(11,12)8(1-2-8)7-13-3-5(4-14-7)6(15)16/h3-4H,1-2H2,(H,15,16). The Labute approximate surface area is 88.1 Å². The van der Waals surface area contributed by atoms with Crippen LogP contribution in [0, 0.1) is 0 Å². The molecule has 1 saturated carbocycles. The van der Waals surface area contributed by atoms with Gasteiger partial charge in [0.1, 0.15) is 11.2 Å². The number of aromatic carboxylic acids is 1. The highest BCUT2D eigenvalue weighted by Gasteiger charge is 2.66. The molecule has 0 amide bonds. The van der Waals surface area contributed by atoms with Crippen molar-refractivity contribution in [3.05, 3.63) is 23.8 Å². The van der Waals surface area contributed by atoms with Gasteiger partial charge in [0.25, 0.3) is 0 Å². The Kier molecular flexibility index (Phi) is 2.14. The van der Waals surface area contributed by atoms with Crippen LogP contribution in [0.2, 0.25) is 0 Å². The first-order valence-electron chi connectivity index (χ1n) is 4.49. The SMILES string of the molecule is O=C(O)c1cnc(C2(C(F)(F)F)CC2)nc1. The minimum atomic E-state index is -4.38. The van der Waals surface area contributed by atoms with E-state index in [4.69, 9.17) is 5.11 Å². The summed E-state index contributed by atoms with van der Waals surface area (Å²) >= 11 is 0. The largest absolute Gasteiger partial charge is 0.478 e. The maximum absolute atomic E-state index is 12.6. The van der Waals surface area contributed by atoms with Crippen molar-refractivity contribution in [1.29, 1.82) is 0 Å². The summed E-state index contributed by atoms with van der Waals surface area (Å²) in [5.41, 5.74) is -2.17. The van der Waals surface area contributed by atoms with Crippen LogP contribution in [0.15, 0.2) is 12.4 Å². The van der Waals surface area contributed by atoms with Crippen LogP contribution in [0.3, 0.4) is 0 Å². The highest BCUT2D eigenvalue weighted by Crippen LogP contribution is 2.57. The van der Waals surface area contributed by atoms with Gasteiger partial charge in [0, 0.05) is 12.4 Å². The Hall–Kier alpha value is -1.66. The molecule has 1 aliphatic carbocycles. The van der Waals surface area contributed by atoms with Crippen LogP contribution < -0.4 is 0 Å². The molecule has 1 aromatic heterocycles. The number of aromatic nitrogens is 2. The van der Waals surface area contributed by atoms with Crippen LogP contribution in [0.4, 0.5) is 13.2 Å². The van der Waals surface area contributed by atoms with Crippen molar-refractivity contribution >= 4 is 5.97 Å². The van der Waals surface area contributed by atoms with Crippen molar-refractivity contribution in [2.75, 3.05) is 0 Å². The van der Waals surface area contributed by atoms with Gasteiger partial charge in [-0.2, -0.15) is 13.2 Å². The van der Waals surface area contributed by atoms with Gasteiger partial charge < -0.3 is 5.11 Å². The normalized spacial score (nSPS) is 18.2. The van der Waals surface area contributed by atoms with E-state index >= 15 is 0 Å². The topological polar surface area (TPSA) is 63.1 Å². The molecule has 0 atom stereocenters. The lowest BCUT2D eigenvalue weighted by atomic mass is 10.1. The molecular formula is C9H7F3N2O2. The summed E-state index contributed by atoms with van der Waals surface area (Å²) in [7, 11) is 0. The summed E-state index contributed by atoms with van der Waals surface area (Å²) in [5.74, 6) is -1.60. The number of alkyl halides is 3. The van der Waals surface area contributed by atoms with Crippen molar-refractivity contribution in [2.24, 2.45) is 0 Å². The lowest BCUT2D eigenvalue weighted by molar-refractivity contribution is -0.162. The Morgan fingerprint density at radius 2 is 1.81 bits per heavy atom. The van der Waals surface area contributed by atoms with E-state index in [9.17, 15) is 18.0 Å². The third-order valence-corrected chi connectivity index (χ3v) is 2.62. The monoisotopic (exact) mass is 232 g/mol. The van der Waals surface area contributed by atoms with Crippen LogP contribution in [-0.2, 0) is 5.41 Å². The molecule has 1 fully saturated rings. The number of halogens is 3. The average Bonchev–Trinajstić information content (AvgIpc) is 2.97. The van der Waals surface area contributed by atoms with Crippen LogP contribution >= 0.6 is 0 Å². The highest BCUT2D eigenvalue weighted by molar-refractivity contribution is 5.86. The molecule has 16 heavy (non-hydrogen) atoms. The van der Waals surface area contributed by atoms with Crippen LogP contribution in [0.25, 0.3) is 0 Å². The molecule has 4 nitrogen and oxygen atoms in total. The molecule has 0 aliphatic heterocycles. The van der Waals surface area contributed by atoms with Crippen molar-refractivity contribution in [3.8, 4) is 0 Å². The summed E-state index contributed by atoms with van der Waals surface area (Å²) in [6, 6.07) is 0. The fraction of sp³-hybridized carbons (Fsp3) is 0.444. The lowest BCUT2D eigenvalue weighted by Crippen LogP contribution is -2.30. The predicted molar refractivity (Wildman–Crippen MR) is 46.0 cm³/mol. The summed E-state index contributed by atoms with van der Waals surface area (Å²) in [6.07, 6.45) is -2.66. The van der Waals surface area contributed by atoms with Gasteiger partial charge in [-0.05, 0) is 12.8 Å². The lowest BCUT2D eigenvalue weighted by Gasteiger charge is -2.17. The van der Waals surface area contributed by atoms with E-state index in [1.165, 1.54) is 0 Å². The maximum atomic E-state index is 12.6. The van der Waals surface area contributed by atoms with Gasteiger partial charge in [-0.3, -0.25) is 0 Å². The molecular weight excluding hydrogens is 225 g/mol. The highest BCUT2D eigenvalue weighted by atomic mass is 19.4. The predicted octanol–water partition coefficient (Wildman–Crippen LogP) is 1.77. The second kappa shape index (κ2) is 3.16. The number of rotatable bonds is 2. The fourth-order valence-electron chi connectivity index (χ4n) is 1.44. The molecule has 0 unspecified atom stereocenters. The number of carboxylic acids is 1. The molecule has 0 spiro atoms. The third-order valence-electron chi connectivity index (χ3n) is 2.62. The number of hydrogen-bond donors (Lipinski definition) is 1. The third kappa shape index (κ3) is 1.52. The fourth-order valence-corrected chi connectivity index (χ4v) is 1.44. The van der Waals surface area contributed by atoms with Crippen molar-refractivity contribution in [2.45, 2.75) is 24.4 Å². The molecule has 0 bridgehead atoms. The van der Waals surface area contributed by atoms with E-state index < -0.39 is 17.6 Å². The summed E-state index contributed by atoms with van der Waals surface area (Å²) in [6.45, 7) is 0. The van der Waals surface area contributed by atoms with E-state index in [0.717, 1.165) is 12.4 Å². The van der Waals surface area contributed by atoms with Gasteiger partial charge >= 0.3 is 12.1 Å². The zero-order valence-electron chi connectivity index (χ0n) is 7.95.